The Morgan fingerprint density at radius 3 is 2.55 bits per heavy atom. The zero-order chi connectivity index (χ0) is 14.5. The smallest absolute Gasteiger partial charge is 0.203 e. The van der Waals surface area contributed by atoms with Gasteiger partial charge >= 0.3 is 0 Å². The van der Waals surface area contributed by atoms with Crippen molar-refractivity contribution in [2.24, 2.45) is 0 Å². The van der Waals surface area contributed by atoms with Gasteiger partial charge in [-0.25, -0.2) is 0 Å². The number of ether oxygens (including phenoxy) is 1. The molecule has 0 heterocycles. The van der Waals surface area contributed by atoms with Crippen LogP contribution in [-0.2, 0) is 0 Å². The fourth-order valence-electron chi connectivity index (χ4n) is 1.83. The highest BCUT2D eigenvalue weighted by molar-refractivity contribution is 9.10. The van der Waals surface area contributed by atoms with Gasteiger partial charge in [0.2, 0.25) is 5.78 Å². The topological polar surface area (TPSA) is 26.3 Å². The SMILES string of the molecule is CCC(Oc1ccc(Cl)cc1Br)C(=O)c1ccccc1. The predicted octanol–water partition coefficient (Wildman–Crippen LogP) is 5.14. The quantitative estimate of drug-likeness (QED) is 0.695. The number of carbonyl (C=O) groups excluding carboxylic acids is 1. The molecule has 0 aromatic heterocycles. The van der Waals surface area contributed by atoms with E-state index in [0.29, 0.717) is 22.8 Å². The largest absolute Gasteiger partial charge is 0.481 e. The van der Waals surface area contributed by atoms with Crippen LogP contribution in [0.4, 0.5) is 0 Å². The summed E-state index contributed by atoms with van der Waals surface area (Å²) in [4.78, 5) is 12.4. The van der Waals surface area contributed by atoms with Gasteiger partial charge in [-0.05, 0) is 40.5 Å². The molecule has 2 aromatic rings. The van der Waals surface area contributed by atoms with E-state index in [1.165, 1.54) is 0 Å². The summed E-state index contributed by atoms with van der Waals surface area (Å²) >= 11 is 9.28. The molecule has 0 bridgehead atoms. The van der Waals surface area contributed by atoms with Crippen LogP contribution < -0.4 is 4.74 Å². The fraction of sp³-hybridized carbons (Fsp3) is 0.188. The first-order valence-electron chi connectivity index (χ1n) is 6.32. The van der Waals surface area contributed by atoms with Crippen LogP contribution in [0, 0.1) is 0 Å². The van der Waals surface area contributed by atoms with E-state index in [-0.39, 0.29) is 5.78 Å². The minimum absolute atomic E-state index is 0.0186. The van der Waals surface area contributed by atoms with Crippen LogP contribution in [0.3, 0.4) is 0 Å². The van der Waals surface area contributed by atoms with E-state index in [1.54, 1.807) is 30.3 Å². The number of ketones is 1. The number of halogens is 2. The molecular weight excluding hydrogens is 340 g/mol. The molecule has 2 aromatic carbocycles. The van der Waals surface area contributed by atoms with Crippen molar-refractivity contribution in [1.29, 1.82) is 0 Å². The summed E-state index contributed by atoms with van der Waals surface area (Å²) in [5.41, 5.74) is 0.657. The van der Waals surface area contributed by atoms with E-state index in [1.807, 2.05) is 25.1 Å². The Hall–Kier alpha value is -1.32. The van der Waals surface area contributed by atoms with E-state index >= 15 is 0 Å². The third-order valence-corrected chi connectivity index (χ3v) is 3.74. The van der Waals surface area contributed by atoms with Gasteiger partial charge in [-0.15, -0.1) is 0 Å². The average molecular weight is 354 g/mol. The second-order valence-electron chi connectivity index (χ2n) is 4.32. The molecule has 20 heavy (non-hydrogen) atoms. The Balaban J connectivity index is 2.19. The van der Waals surface area contributed by atoms with Crippen LogP contribution in [0.15, 0.2) is 53.0 Å². The highest BCUT2D eigenvalue weighted by atomic mass is 79.9. The molecule has 0 saturated heterocycles. The van der Waals surface area contributed by atoms with Crippen molar-refractivity contribution >= 4 is 33.3 Å². The lowest BCUT2D eigenvalue weighted by Gasteiger charge is -2.17. The van der Waals surface area contributed by atoms with E-state index in [0.717, 1.165) is 4.47 Å². The maximum absolute atomic E-state index is 12.4. The van der Waals surface area contributed by atoms with Gasteiger partial charge in [0.1, 0.15) is 5.75 Å². The van der Waals surface area contributed by atoms with Gasteiger partial charge < -0.3 is 4.74 Å². The van der Waals surface area contributed by atoms with Crippen LogP contribution >= 0.6 is 27.5 Å². The minimum atomic E-state index is -0.505. The summed E-state index contributed by atoms with van der Waals surface area (Å²) in [6, 6.07) is 14.4. The normalized spacial score (nSPS) is 11.9. The Morgan fingerprint density at radius 2 is 1.95 bits per heavy atom. The molecule has 0 N–H and O–H groups in total. The van der Waals surface area contributed by atoms with Gasteiger partial charge in [-0.1, -0.05) is 48.9 Å². The molecule has 0 radical (unpaired) electrons. The molecule has 0 aliphatic rings. The highest BCUT2D eigenvalue weighted by Crippen LogP contribution is 2.29. The molecule has 0 fully saturated rings. The van der Waals surface area contributed by atoms with Gasteiger partial charge in [0.15, 0.2) is 6.10 Å². The summed E-state index contributed by atoms with van der Waals surface area (Å²) in [5.74, 6) is 0.598. The Labute approximate surface area is 131 Å². The van der Waals surface area contributed by atoms with Gasteiger partial charge in [0.25, 0.3) is 0 Å². The number of hydrogen-bond donors (Lipinski definition) is 0. The molecule has 1 atom stereocenters. The second-order valence-corrected chi connectivity index (χ2v) is 5.61. The van der Waals surface area contributed by atoms with Gasteiger partial charge in [-0.3, -0.25) is 4.79 Å². The molecule has 0 spiro atoms. The summed E-state index contributed by atoms with van der Waals surface area (Å²) in [5, 5.41) is 0.617. The molecular formula is C16H14BrClO2. The number of hydrogen-bond acceptors (Lipinski definition) is 2. The molecule has 1 unspecified atom stereocenters. The monoisotopic (exact) mass is 352 g/mol. The van der Waals surface area contributed by atoms with Crippen molar-refractivity contribution in [3.8, 4) is 5.75 Å². The lowest BCUT2D eigenvalue weighted by atomic mass is 10.0. The zero-order valence-electron chi connectivity index (χ0n) is 11.0. The molecule has 0 amide bonds. The van der Waals surface area contributed by atoms with Crippen molar-refractivity contribution in [3.05, 3.63) is 63.6 Å². The minimum Gasteiger partial charge on any atom is -0.481 e. The molecule has 2 nitrogen and oxygen atoms in total. The molecule has 0 aliphatic carbocycles. The van der Waals surface area contributed by atoms with Crippen LogP contribution in [0.25, 0.3) is 0 Å². The van der Waals surface area contributed by atoms with E-state index in [2.05, 4.69) is 15.9 Å². The Morgan fingerprint density at radius 1 is 1.25 bits per heavy atom. The van der Waals surface area contributed by atoms with Crippen LogP contribution in [0.2, 0.25) is 5.02 Å². The van der Waals surface area contributed by atoms with E-state index < -0.39 is 6.10 Å². The summed E-state index contributed by atoms with van der Waals surface area (Å²) in [7, 11) is 0. The number of benzene rings is 2. The lowest BCUT2D eigenvalue weighted by Crippen LogP contribution is -2.26. The maximum Gasteiger partial charge on any atom is 0.203 e. The van der Waals surface area contributed by atoms with Gasteiger partial charge in [0.05, 0.1) is 4.47 Å². The van der Waals surface area contributed by atoms with Crippen molar-refractivity contribution in [3.63, 3.8) is 0 Å². The number of Topliss-reactive ketones (excluding diaryl/α,β-unsaturated/α-hetero) is 1. The van der Waals surface area contributed by atoms with Crippen molar-refractivity contribution in [2.75, 3.05) is 0 Å². The molecule has 0 saturated carbocycles. The number of rotatable bonds is 5. The fourth-order valence-corrected chi connectivity index (χ4v) is 2.61. The number of carbonyl (C=O) groups is 1. The Bertz CT molecular complexity index is 599. The predicted molar refractivity (Wildman–Crippen MR) is 84.6 cm³/mol. The van der Waals surface area contributed by atoms with Crippen molar-refractivity contribution in [1.82, 2.24) is 0 Å². The first kappa shape index (κ1) is 15.1. The third-order valence-electron chi connectivity index (χ3n) is 2.88. The highest BCUT2D eigenvalue weighted by Gasteiger charge is 2.20. The Kier molecular flexibility index (Phi) is 5.21. The summed E-state index contributed by atoms with van der Waals surface area (Å²) in [6.45, 7) is 1.93. The molecule has 0 aliphatic heterocycles. The molecule has 2 rings (SSSR count). The lowest BCUT2D eigenvalue weighted by molar-refractivity contribution is 0.0785. The van der Waals surface area contributed by atoms with Crippen LogP contribution in [0.1, 0.15) is 23.7 Å². The third kappa shape index (κ3) is 3.62. The van der Waals surface area contributed by atoms with Gasteiger partial charge in [0, 0.05) is 10.6 Å². The maximum atomic E-state index is 12.4. The van der Waals surface area contributed by atoms with Crippen molar-refractivity contribution in [2.45, 2.75) is 19.4 Å². The van der Waals surface area contributed by atoms with E-state index in [9.17, 15) is 4.79 Å². The van der Waals surface area contributed by atoms with E-state index in [4.69, 9.17) is 16.3 Å². The first-order valence-corrected chi connectivity index (χ1v) is 7.50. The molecule has 4 heteroatoms. The second kappa shape index (κ2) is 6.91. The van der Waals surface area contributed by atoms with Crippen molar-refractivity contribution < 1.29 is 9.53 Å². The molecule has 104 valence electrons. The van der Waals surface area contributed by atoms with Crippen LogP contribution in [0.5, 0.6) is 5.75 Å². The first-order chi connectivity index (χ1) is 9.61. The average Bonchev–Trinajstić information content (AvgIpc) is 2.47. The summed E-state index contributed by atoms with van der Waals surface area (Å²) in [6.07, 6.45) is 0.0952. The van der Waals surface area contributed by atoms with Gasteiger partial charge in [-0.2, -0.15) is 0 Å². The standard InChI is InChI=1S/C16H14BrClO2/c1-2-14(16(19)11-6-4-3-5-7-11)20-15-9-8-12(18)10-13(15)17/h3-10,14H,2H2,1H3. The van der Waals surface area contributed by atoms with Crippen LogP contribution in [-0.4, -0.2) is 11.9 Å². The summed E-state index contributed by atoms with van der Waals surface area (Å²) < 4.78 is 6.55. The zero-order valence-corrected chi connectivity index (χ0v) is 13.3.